The lowest BCUT2D eigenvalue weighted by molar-refractivity contribution is -0.129. The van der Waals surface area contributed by atoms with E-state index in [0.717, 1.165) is 27.4 Å². The van der Waals surface area contributed by atoms with Crippen molar-refractivity contribution in [3.8, 4) is 40.1 Å². The number of benzene rings is 2. The summed E-state index contributed by atoms with van der Waals surface area (Å²) in [6.45, 7) is 0. The number of aromatic amines is 1. The summed E-state index contributed by atoms with van der Waals surface area (Å²) in [7, 11) is 4.68. The van der Waals surface area contributed by atoms with Gasteiger partial charge in [0.05, 0.1) is 32.5 Å². The molecule has 0 spiro atoms. The van der Waals surface area contributed by atoms with Gasteiger partial charge in [-0.05, 0) is 30.7 Å². The Labute approximate surface area is 211 Å². The fourth-order valence-corrected chi connectivity index (χ4v) is 4.30. The van der Waals surface area contributed by atoms with Gasteiger partial charge in [-0.3, -0.25) is 10.0 Å². The highest BCUT2D eigenvalue weighted by molar-refractivity contribution is 6.12. The Bertz CT molecular complexity index is 1570. The molecule has 3 aromatic heterocycles. The number of para-hydroxylation sites is 1. The lowest BCUT2D eigenvalue weighted by Crippen LogP contribution is -2.18. The normalized spacial score (nSPS) is 11.1. The van der Waals surface area contributed by atoms with E-state index >= 15 is 0 Å². The molecule has 0 bridgehead atoms. The zero-order valence-electron chi connectivity index (χ0n) is 20.5. The standard InChI is InChI=1S/C26H25N5O6/c1-34-19-11-14(12-20(35-2)25(19)36-3)23-24-16(15-7-4-5-8-17(15)27-24)13-18(28-23)26-30-29-22(37-26)10-6-9-21(32)31-33/h4-5,7-8,11-13,27,33H,6,9-10H2,1-3H3,(H,31,32). The Balaban J connectivity index is 1.65. The van der Waals surface area contributed by atoms with Gasteiger partial charge in [0.2, 0.25) is 17.5 Å². The molecule has 0 radical (unpaired) electrons. The van der Waals surface area contributed by atoms with Gasteiger partial charge in [-0.1, -0.05) is 18.2 Å². The summed E-state index contributed by atoms with van der Waals surface area (Å²) >= 11 is 0. The molecule has 3 N–H and O–H groups in total. The molecule has 190 valence electrons. The molecule has 0 aliphatic rings. The average molecular weight is 504 g/mol. The van der Waals surface area contributed by atoms with Gasteiger partial charge >= 0.3 is 0 Å². The zero-order valence-corrected chi connectivity index (χ0v) is 20.5. The Kier molecular flexibility index (Phi) is 6.60. The SMILES string of the molecule is COc1cc(-c2nc(-c3nnc(CCCC(=O)NO)o3)cc3c2[nH]c2ccccc23)cc(OC)c1OC. The summed E-state index contributed by atoms with van der Waals surface area (Å²) in [6, 6.07) is 13.6. The highest BCUT2D eigenvalue weighted by atomic mass is 16.5. The van der Waals surface area contributed by atoms with E-state index in [2.05, 4.69) is 15.2 Å². The maximum atomic E-state index is 11.3. The molecule has 0 aliphatic heterocycles. The van der Waals surface area contributed by atoms with Crippen LogP contribution in [0.2, 0.25) is 0 Å². The number of hydrogen-bond acceptors (Lipinski definition) is 9. The lowest BCUT2D eigenvalue weighted by Gasteiger charge is -2.14. The smallest absolute Gasteiger partial charge is 0.266 e. The minimum Gasteiger partial charge on any atom is -0.493 e. The molecule has 5 aromatic rings. The van der Waals surface area contributed by atoms with Crippen molar-refractivity contribution >= 4 is 27.7 Å². The third-order valence-corrected chi connectivity index (χ3v) is 6.04. The van der Waals surface area contributed by atoms with Crippen molar-refractivity contribution in [3.05, 3.63) is 48.4 Å². The third kappa shape index (κ3) is 4.52. The van der Waals surface area contributed by atoms with Crippen LogP contribution in [0.25, 0.3) is 44.6 Å². The topological polar surface area (TPSA) is 145 Å². The predicted molar refractivity (Wildman–Crippen MR) is 135 cm³/mol. The molecular formula is C26H25N5O6. The highest BCUT2D eigenvalue weighted by Crippen LogP contribution is 2.43. The van der Waals surface area contributed by atoms with E-state index < -0.39 is 5.91 Å². The van der Waals surface area contributed by atoms with E-state index in [9.17, 15) is 4.79 Å². The molecule has 0 saturated heterocycles. The highest BCUT2D eigenvalue weighted by Gasteiger charge is 2.21. The van der Waals surface area contributed by atoms with Gasteiger partial charge in [-0.2, -0.15) is 0 Å². The van der Waals surface area contributed by atoms with E-state index in [0.29, 0.717) is 47.4 Å². The monoisotopic (exact) mass is 503 g/mol. The largest absolute Gasteiger partial charge is 0.493 e. The van der Waals surface area contributed by atoms with E-state index in [4.69, 9.17) is 28.8 Å². The number of pyridine rings is 1. The van der Waals surface area contributed by atoms with Gasteiger partial charge in [0, 0.05) is 34.7 Å². The molecule has 11 nitrogen and oxygen atoms in total. The number of carbonyl (C=O) groups excluding carboxylic acids is 1. The van der Waals surface area contributed by atoms with Crippen molar-refractivity contribution in [2.24, 2.45) is 0 Å². The quantitative estimate of drug-likeness (QED) is 0.198. The van der Waals surface area contributed by atoms with Crippen LogP contribution >= 0.6 is 0 Å². The first-order valence-corrected chi connectivity index (χ1v) is 11.5. The van der Waals surface area contributed by atoms with E-state index in [1.165, 1.54) is 0 Å². The van der Waals surface area contributed by atoms with E-state index in [-0.39, 0.29) is 12.3 Å². The molecule has 5 rings (SSSR count). The number of aromatic nitrogens is 4. The van der Waals surface area contributed by atoms with Crippen molar-refractivity contribution in [2.75, 3.05) is 21.3 Å². The number of carbonyl (C=O) groups is 1. The molecule has 0 saturated carbocycles. The Morgan fingerprint density at radius 2 is 1.78 bits per heavy atom. The fourth-order valence-electron chi connectivity index (χ4n) is 4.30. The zero-order chi connectivity index (χ0) is 25.9. The van der Waals surface area contributed by atoms with Crippen LogP contribution in [0.1, 0.15) is 18.7 Å². The number of amides is 1. The molecule has 0 atom stereocenters. The number of ether oxygens (including phenoxy) is 3. The summed E-state index contributed by atoms with van der Waals surface area (Å²) in [5, 5.41) is 18.9. The maximum absolute atomic E-state index is 11.3. The lowest BCUT2D eigenvalue weighted by atomic mass is 10.1. The van der Waals surface area contributed by atoms with Crippen molar-refractivity contribution in [1.29, 1.82) is 0 Å². The Morgan fingerprint density at radius 1 is 1.03 bits per heavy atom. The van der Waals surface area contributed by atoms with E-state index in [1.807, 2.05) is 42.5 Å². The number of hydroxylamine groups is 1. The second-order valence-electron chi connectivity index (χ2n) is 8.25. The molecule has 0 aliphatic carbocycles. The van der Waals surface area contributed by atoms with Gasteiger partial charge < -0.3 is 23.6 Å². The summed E-state index contributed by atoms with van der Waals surface area (Å²) in [5.41, 5.74) is 5.27. The molecule has 2 aromatic carbocycles. The first-order chi connectivity index (χ1) is 18.1. The summed E-state index contributed by atoms with van der Waals surface area (Å²) < 4.78 is 22.5. The minimum absolute atomic E-state index is 0.138. The van der Waals surface area contributed by atoms with Crippen LogP contribution in [-0.4, -0.2) is 52.6 Å². The van der Waals surface area contributed by atoms with Crippen LogP contribution in [0.15, 0.2) is 46.9 Å². The van der Waals surface area contributed by atoms with E-state index in [1.54, 1.807) is 26.8 Å². The molecule has 11 heteroatoms. The van der Waals surface area contributed by atoms with Gasteiger partial charge in [0.1, 0.15) is 5.69 Å². The first kappa shape index (κ1) is 24.1. The number of aryl methyl sites for hydroxylation is 1. The summed E-state index contributed by atoms with van der Waals surface area (Å²) in [4.78, 5) is 19.7. The molecule has 0 fully saturated rings. The Morgan fingerprint density at radius 3 is 2.49 bits per heavy atom. The van der Waals surface area contributed by atoms with Crippen molar-refractivity contribution in [1.82, 2.24) is 25.6 Å². The molecule has 37 heavy (non-hydrogen) atoms. The van der Waals surface area contributed by atoms with Crippen LogP contribution in [0.5, 0.6) is 17.2 Å². The number of methoxy groups -OCH3 is 3. The van der Waals surface area contributed by atoms with Gasteiger partial charge in [0.25, 0.3) is 5.89 Å². The van der Waals surface area contributed by atoms with Crippen molar-refractivity contribution < 1.29 is 28.6 Å². The second-order valence-corrected chi connectivity index (χ2v) is 8.25. The minimum atomic E-state index is -0.471. The predicted octanol–water partition coefficient (Wildman–Crippen LogP) is 4.29. The number of H-pyrrole nitrogens is 1. The van der Waals surface area contributed by atoms with Crippen molar-refractivity contribution in [3.63, 3.8) is 0 Å². The maximum Gasteiger partial charge on any atom is 0.266 e. The van der Waals surface area contributed by atoms with Gasteiger partial charge in [0.15, 0.2) is 11.5 Å². The first-order valence-electron chi connectivity index (χ1n) is 11.5. The van der Waals surface area contributed by atoms with Crippen LogP contribution in [0, 0.1) is 0 Å². The van der Waals surface area contributed by atoms with Gasteiger partial charge in [-0.15, -0.1) is 10.2 Å². The van der Waals surface area contributed by atoms with Crippen molar-refractivity contribution in [2.45, 2.75) is 19.3 Å². The molecule has 3 heterocycles. The fraction of sp³-hybridized carbons (Fsp3) is 0.231. The molecular weight excluding hydrogens is 478 g/mol. The average Bonchev–Trinajstić information content (AvgIpc) is 3.56. The van der Waals surface area contributed by atoms with Crippen LogP contribution < -0.4 is 19.7 Å². The van der Waals surface area contributed by atoms with Crippen LogP contribution in [0.3, 0.4) is 0 Å². The summed E-state index contributed by atoms with van der Waals surface area (Å²) in [5.74, 6) is 1.63. The Hall–Kier alpha value is -4.64. The number of rotatable bonds is 9. The number of nitrogens with one attached hydrogen (secondary N) is 2. The van der Waals surface area contributed by atoms with Crippen LogP contribution in [-0.2, 0) is 11.2 Å². The molecule has 0 unspecified atom stereocenters. The molecule has 1 amide bonds. The number of fused-ring (bicyclic) bond motifs is 3. The number of nitrogens with zero attached hydrogens (tertiary/aromatic N) is 3. The number of hydrogen-bond donors (Lipinski definition) is 3. The third-order valence-electron chi connectivity index (χ3n) is 6.04. The second kappa shape index (κ2) is 10.2. The van der Waals surface area contributed by atoms with Gasteiger partial charge in [-0.25, -0.2) is 10.5 Å². The van der Waals surface area contributed by atoms with Crippen LogP contribution in [0.4, 0.5) is 0 Å². The summed E-state index contributed by atoms with van der Waals surface area (Å²) in [6.07, 6.45) is 0.966.